The number of benzene rings is 9. The Morgan fingerprint density at radius 3 is 1.20 bits per heavy atom. The first-order chi connectivity index (χ1) is 53.1. The number of para-hydroxylation sites is 2. The van der Waals surface area contributed by atoms with E-state index >= 15 is 0 Å². The summed E-state index contributed by atoms with van der Waals surface area (Å²) in [6.07, 6.45) is -11.3. The molecule has 5 aliphatic heterocycles. The van der Waals surface area contributed by atoms with Crippen molar-refractivity contribution in [2.75, 3.05) is 0 Å². The van der Waals surface area contributed by atoms with Gasteiger partial charge in [0.2, 0.25) is 0 Å². The van der Waals surface area contributed by atoms with Crippen LogP contribution in [0.2, 0.25) is 0 Å². The fourth-order valence-electron chi connectivity index (χ4n) is 18.2. The molecule has 15 rings (SSSR count). The monoisotopic (exact) mass is 1490 g/mol. The average molecular weight is 1480 g/mol. The minimum Gasteiger partial charge on any atom is -0.518 e. The molecule has 2 nitrogen and oxygen atoms in total. The first kappa shape index (κ1) is 95.1. The Balaban J connectivity index is 0.000000180. The molecular weight excluding hydrogens is 1440 g/mol. The molecule has 9 aromatic carbocycles. The first-order valence-corrected chi connectivity index (χ1v) is 43.6. The Kier molecular flexibility index (Phi) is 34.6. The van der Waals surface area contributed by atoms with Gasteiger partial charge in [0.15, 0.2) is 14.8 Å². The quantitative estimate of drug-likeness (QED) is 0.0456. The van der Waals surface area contributed by atoms with Gasteiger partial charge >= 0.3 is 56.7 Å². The smallest absolute Gasteiger partial charge is 0.518 e. The molecule has 0 amide bonds. The van der Waals surface area contributed by atoms with Crippen molar-refractivity contribution in [1.29, 1.82) is 0 Å². The van der Waals surface area contributed by atoms with Crippen LogP contribution in [0.4, 0.5) is 0 Å². The van der Waals surface area contributed by atoms with E-state index in [1.807, 2.05) is 97.1 Å². The van der Waals surface area contributed by atoms with Gasteiger partial charge in [-0.05, 0) is 60.5 Å². The average Bonchev–Trinajstić information content (AvgIpc) is 0.670. The maximum absolute atomic E-state index is 7.20. The molecule has 5 heterocycles. The number of halogens is 4. The summed E-state index contributed by atoms with van der Waals surface area (Å²) in [5, 5.41) is 7.65. The van der Waals surface area contributed by atoms with E-state index in [4.69, 9.17) is 209 Å². The number of hydrogen-bond acceptors (Lipinski definition) is 2. The van der Waals surface area contributed by atoms with Gasteiger partial charge in [-0.25, -0.2) is 0 Å². The minimum absolute atomic E-state index is 0. The summed E-state index contributed by atoms with van der Waals surface area (Å²) in [5.74, 6) is 3.74. The predicted molar refractivity (Wildman–Crippen MR) is 544 cm³/mol. The van der Waals surface area contributed by atoms with Crippen LogP contribution in [0.5, 0.6) is 23.0 Å². The Labute approximate surface area is 760 Å². The molecule has 0 aromatic heterocycles. The standard InChI is InChI=1S/C30H19B2ClOSi.C18H11BO.C12H7BCl3Si.CH4.B39.2Li/c33-32-22-12-3-7-17-27(22)35(28-18-8-4-13-23(28)32)26-16-6-2-11-21(26)31-20-10-1-5-14-24(20)34-25-15-9-19-29(35)30(25)31;1-2-8-14(9-3-1)19-15-10-4-6-12-17(15)20-18-13-7-5-11-16(18)19;14-13-9-5-1-3-7-11(9)17(15,16)12-8-4-2-6-10(12)13;;1-21-31(20)36(30(18)19)39(37(32(22(2)3)23(4)5)33(24(6)7)25(8)9)38(34(26(10)11)27(12)13)35(28(14)15)29(16)17;;/h1-19H;1-8,10,12-13H;1-3,5-8H;1H4;;;/q;-2;+1;;;2*+1. The molecule has 6 aliphatic rings. The van der Waals surface area contributed by atoms with Crippen LogP contribution in [0.3, 0.4) is 0 Å². The fraction of sp³-hybridized carbons (Fsp3) is 0.0164. The van der Waals surface area contributed by atoms with Crippen LogP contribution >= 0.6 is 45.1 Å². The van der Waals surface area contributed by atoms with Crippen LogP contribution in [0.15, 0.2) is 235 Å². The molecule has 0 bridgehead atoms. The van der Waals surface area contributed by atoms with E-state index in [0.29, 0.717) is 0 Å². The molecule has 0 atom stereocenters. The largest absolute Gasteiger partial charge is 1.00 e. The van der Waals surface area contributed by atoms with Gasteiger partial charge in [-0.15, -0.1) is 33.7 Å². The Morgan fingerprint density at radius 1 is 0.368 bits per heavy atom. The molecule has 1 aliphatic carbocycles. The number of rotatable bonds is 19. The van der Waals surface area contributed by atoms with Crippen molar-refractivity contribution in [1.82, 2.24) is 0 Å². The molecule has 0 unspecified atom stereocenters. The van der Waals surface area contributed by atoms with Crippen LogP contribution < -0.4 is 122 Å². The first-order valence-electron chi connectivity index (χ1n) is 36.7. The maximum atomic E-state index is 7.20. The third kappa shape index (κ3) is 18.8. The van der Waals surface area contributed by atoms with Gasteiger partial charge in [0.05, 0.1) is 5.20 Å². The fourth-order valence-corrected chi connectivity index (χ4v) is 29.2. The molecule has 0 N–H and O–H groups in total. The van der Waals surface area contributed by atoms with E-state index in [9.17, 15) is 0 Å². The van der Waals surface area contributed by atoms with Crippen LogP contribution in [0.1, 0.15) is 7.43 Å². The molecule has 0 fully saturated rings. The summed E-state index contributed by atoms with van der Waals surface area (Å²) < 4.78 is 12.6. The van der Waals surface area contributed by atoms with Crippen molar-refractivity contribution >= 4 is 437 Å². The van der Waals surface area contributed by atoms with Crippen molar-refractivity contribution in [3.8, 4) is 23.0 Å². The Morgan fingerprint density at radius 2 is 0.737 bits per heavy atom. The van der Waals surface area contributed by atoms with Gasteiger partial charge in [0.25, 0.3) is 6.71 Å². The molecule has 9 aromatic rings. The van der Waals surface area contributed by atoms with Crippen LogP contribution in [-0.2, 0) is 0 Å². The van der Waals surface area contributed by atoms with Crippen molar-refractivity contribution in [3.63, 3.8) is 0 Å². The summed E-state index contributed by atoms with van der Waals surface area (Å²) in [6.45, 7) is -2.35. The second-order valence-corrected chi connectivity index (χ2v) is 39.9. The summed E-state index contributed by atoms with van der Waals surface area (Å²) in [5.41, 5.74) is 11.9. The van der Waals surface area contributed by atoms with Gasteiger partial charge in [0.1, 0.15) is 29.4 Å². The summed E-state index contributed by atoms with van der Waals surface area (Å²) in [6, 6.07) is 78.8. The molecule has 463 valence electrons. The van der Waals surface area contributed by atoms with E-state index < -0.39 is 130 Å². The Hall–Kier alpha value is -2.71. The van der Waals surface area contributed by atoms with E-state index in [-0.39, 0.29) is 70.8 Å². The summed E-state index contributed by atoms with van der Waals surface area (Å²) in [7, 11) is 123. The third-order valence-electron chi connectivity index (χ3n) is 22.7. The zero-order valence-electron chi connectivity index (χ0n) is 63.0. The van der Waals surface area contributed by atoms with Crippen molar-refractivity contribution < 1.29 is 47.2 Å². The van der Waals surface area contributed by atoms with Gasteiger partial charge < -0.3 is 9.47 Å². The number of allylic oxidation sites excluding steroid dienone is 6. The van der Waals surface area contributed by atoms with E-state index in [1.165, 1.54) is 60.6 Å². The predicted octanol–water partition coefficient (Wildman–Crippen LogP) is -15.1. The van der Waals surface area contributed by atoms with E-state index in [2.05, 4.69) is 146 Å². The summed E-state index contributed by atoms with van der Waals surface area (Å²) in [4.78, 5) is 0. The van der Waals surface area contributed by atoms with Gasteiger partial charge in [-0.2, -0.15) is 76.9 Å². The van der Waals surface area contributed by atoms with Crippen LogP contribution in [0.25, 0.3) is 0 Å². The second-order valence-electron chi connectivity index (χ2n) is 29.1. The van der Waals surface area contributed by atoms with Crippen molar-refractivity contribution in [2.45, 2.75) is 7.43 Å². The molecule has 0 saturated carbocycles. The number of fused-ring (bicyclic) bond motifs is 13. The second kappa shape index (κ2) is 41.4. The molecule has 41 radical (unpaired) electrons. The molecule has 1 spiro atoms. The zero-order chi connectivity index (χ0) is 79.7. The molecule has 114 heavy (non-hydrogen) atoms. The van der Waals surface area contributed by atoms with E-state index in [1.54, 1.807) is 0 Å². The zero-order valence-corrected chi connectivity index (χ0v) is 68.0. The van der Waals surface area contributed by atoms with Crippen molar-refractivity contribution in [2.24, 2.45) is 0 Å². The van der Waals surface area contributed by atoms with Gasteiger partial charge in [-0.1, -0.05) is 175 Å². The minimum atomic E-state index is -2.64. The Bertz CT molecular complexity index is 4660. The third-order valence-corrected chi connectivity index (χ3v) is 33.3. The van der Waals surface area contributed by atoms with Crippen LogP contribution in [0, 0.1) is 18.2 Å². The van der Waals surface area contributed by atoms with Gasteiger partial charge in [-0.3, -0.25) is 0 Å². The topological polar surface area (TPSA) is 18.5 Å². The maximum Gasteiger partial charge on any atom is 1.00 e. The summed E-state index contributed by atoms with van der Waals surface area (Å²) >= 11 is 26.9. The molecular formula is C61H41B43Cl4Li2O2Si2+. The molecule has 53 heteroatoms. The van der Waals surface area contributed by atoms with Crippen molar-refractivity contribution in [3.05, 3.63) is 253 Å². The number of ether oxygens (including phenoxy) is 2. The normalized spacial score (nSPS) is 13.1. The van der Waals surface area contributed by atoms with Crippen LogP contribution in [-0.4, -0.2) is 317 Å². The van der Waals surface area contributed by atoms with E-state index in [0.717, 1.165) is 55.2 Å². The number of hydrogen-bond donors (Lipinski definition) is 0. The SMILES string of the molecule is C.ClB1C2=C(C=[C+]C=C2)[Si](Cl)(Cl)c2ccccc21.ClB1c2ccccc2[Si]2(c3ccccc31)c1ccccc1B1c3ccccc3Oc3cccc2c31.[B][B]B([B])B(B([B])[B])B(B(B(B([B])[B])B([B])[B])B(B([B])[B])B([B])[B])B(B(B([B])[B])B([B])[B])B(B([B])[B])B([B])[B].[Li+].[Li+].[c-]1ccccc1B1c2[c-]cccc2Oc2ccccc21. The molecule has 0 saturated heterocycles. The van der Waals surface area contributed by atoms with Gasteiger partial charge in [0, 0.05) is 300 Å².